The Morgan fingerprint density at radius 1 is 1.22 bits per heavy atom. The minimum atomic E-state index is -0.776. The molecule has 1 saturated heterocycles. The van der Waals surface area contributed by atoms with Crippen LogP contribution in [0.25, 0.3) is 11.4 Å². The SMILES string of the molecule is CC(C)c1ccc(-c2noc(CCC(=O)N3CCC(C(=O)O)CC3)n2)cc1. The van der Waals surface area contributed by atoms with E-state index in [1.807, 2.05) is 12.1 Å². The van der Waals surface area contributed by atoms with Crippen molar-refractivity contribution in [3.63, 3.8) is 0 Å². The van der Waals surface area contributed by atoms with Crippen LogP contribution in [-0.4, -0.2) is 45.1 Å². The van der Waals surface area contributed by atoms with Crippen LogP contribution >= 0.6 is 0 Å². The Balaban J connectivity index is 1.52. The largest absolute Gasteiger partial charge is 0.481 e. The number of aromatic nitrogens is 2. The van der Waals surface area contributed by atoms with Gasteiger partial charge in [-0.2, -0.15) is 4.98 Å². The highest BCUT2D eigenvalue weighted by Crippen LogP contribution is 2.21. The first kappa shape index (κ1) is 19.1. The molecule has 1 N–H and O–H groups in total. The van der Waals surface area contributed by atoms with Crippen LogP contribution in [-0.2, 0) is 16.0 Å². The molecule has 0 aliphatic carbocycles. The predicted octanol–water partition coefficient (Wildman–Crippen LogP) is 3.12. The van der Waals surface area contributed by atoms with Gasteiger partial charge in [-0.15, -0.1) is 0 Å². The Bertz CT molecular complexity index is 790. The van der Waals surface area contributed by atoms with E-state index in [0.717, 1.165) is 5.56 Å². The number of likely N-dealkylation sites (tertiary alicyclic amines) is 1. The maximum Gasteiger partial charge on any atom is 0.306 e. The summed E-state index contributed by atoms with van der Waals surface area (Å²) < 4.78 is 5.27. The fraction of sp³-hybridized carbons (Fsp3) is 0.500. The Hall–Kier alpha value is -2.70. The molecule has 1 aromatic heterocycles. The summed E-state index contributed by atoms with van der Waals surface area (Å²) in [6, 6.07) is 8.06. The second-order valence-electron chi connectivity index (χ2n) is 7.28. The van der Waals surface area contributed by atoms with Crippen LogP contribution in [0.3, 0.4) is 0 Å². The van der Waals surface area contributed by atoms with Gasteiger partial charge in [-0.25, -0.2) is 0 Å². The van der Waals surface area contributed by atoms with Crippen molar-refractivity contribution in [1.82, 2.24) is 15.0 Å². The third-order valence-electron chi connectivity index (χ3n) is 5.05. The summed E-state index contributed by atoms with van der Waals surface area (Å²) in [4.78, 5) is 29.4. The summed E-state index contributed by atoms with van der Waals surface area (Å²) >= 11 is 0. The fourth-order valence-corrected chi connectivity index (χ4v) is 3.24. The van der Waals surface area contributed by atoms with E-state index >= 15 is 0 Å². The second-order valence-corrected chi connectivity index (χ2v) is 7.28. The Morgan fingerprint density at radius 3 is 2.48 bits per heavy atom. The number of carbonyl (C=O) groups is 2. The molecule has 2 aromatic rings. The number of benzene rings is 1. The van der Waals surface area contributed by atoms with Gasteiger partial charge in [0.05, 0.1) is 5.92 Å². The first-order valence-electron chi connectivity index (χ1n) is 9.37. The van der Waals surface area contributed by atoms with Crippen LogP contribution in [0.15, 0.2) is 28.8 Å². The van der Waals surface area contributed by atoms with Crippen molar-refractivity contribution >= 4 is 11.9 Å². The number of carboxylic acids is 1. The van der Waals surface area contributed by atoms with Crippen LogP contribution in [0.5, 0.6) is 0 Å². The van der Waals surface area contributed by atoms with E-state index in [0.29, 0.717) is 50.0 Å². The van der Waals surface area contributed by atoms with Gasteiger partial charge in [-0.1, -0.05) is 43.3 Å². The van der Waals surface area contributed by atoms with E-state index in [4.69, 9.17) is 9.63 Å². The summed E-state index contributed by atoms with van der Waals surface area (Å²) in [5.41, 5.74) is 2.14. The van der Waals surface area contributed by atoms with Gasteiger partial charge in [0.1, 0.15) is 0 Å². The van der Waals surface area contributed by atoms with Crippen LogP contribution in [0.1, 0.15) is 50.5 Å². The molecule has 0 saturated carbocycles. The number of carboxylic acid groups (broad SMARTS) is 1. The molecule has 3 rings (SSSR count). The van der Waals surface area contributed by atoms with Crippen LogP contribution in [0, 0.1) is 5.92 Å². The molecule has 144 valence electrons. The number of carbonyl (C=O) groups excluding carboxylic acids is 1. The molecule has 1 amide bonds. The molecule has 1 fully saturated rings. The van der Waals surface area contributed by atoms with E-state index in [1.54, 1.807) is 4.90 Å². The number of amides is 1. The maximum absolute atomic E-state index is 12.3. The van der Waals surface area contributed by atoms with Crippen molar-refractivity contribution in [3.8, 4) is 11.4 Å². The summed E-state index contributed by atoms with van der Waals surface area (Å²) in [6.07, 6.45) is 1.69. The fourth-order valence-electron chi connectivity index (χ4n) is 3.24. The molecule has 0 bridgehead atoms. The minimum Gasteiger partial charge on any atom is -0.481 e. The highest BCUT2D eigenvalue weighted by Gasteiger charge is 2.27. The third-order valence-corrected chi connectivity index (χ3v) is 5.05. The lowest BCUT2D eigenvalue weighted by Crippen LogP contribution is -2.40. The van der Waals surface area contributed by atoms with Crippen molar-refractivity contribution in [2.24, 2.45) is 5.92 Å². The maximum atomic E-state index is 12.3. The number of hydrogen-bond acceptors (Lipinski definition) is 5. The Kier molecular flexibility index (Phi) is 5.88. The zero-order chi connectivity index (χ0) is 19.4. The lowest BCUT2D eigenvalue weighted by atomic mass is 9.97. The predicted molar refractivity (Wildman–Crippen MR) is 99.1 cm³/mol. The first-order chi connectivity index (χ1) is 12.9. The molecule has 0 spiro atoms. The molecule has 1 aliphatic heterocycles. The number of piperidine rings is 1. The summed E-state index contributed by atoms with van der Waals surface area (Å²) in [6.45, 7) is 5.27. The van der Waals surface area contributed by atoms with Crippen molar-refractivity contribution in [2.45, 2.75) is 45.4 Å². The van der Waals surface area contributed by atoms with Crippen LogP contribution in [0.4, 0.5) is 0 Å². The average Bonchev–Trinajstić information content (AvgIpc) is 3.15. The average molecular weight is 371 g/mol. The van der Waals surface area contributed by atoms with Gasteiger partial charge in [-0.05, 0) is 24.3 Å². The molecule has 1 aromatic carbocycles. The summed E-state index contributed by atoms with van der Waals surface area (Å²) in [7, 11) is 0. The van der Waals surface area contributed by atoms with E-state index in [9.17, 15) is 9.59 Å². The van der Waals surface area contributed by atoms with Crippen molar-refractivity contribution in [1.29, 1.82) is 0 Å². The zero-order valence-electron chi connectivity index (χ0n) is 15.7. The molecule has 0 atom stereocenters. The van der Waals surface area contributed by atoms with E-state index in [2.05, 4.69) is 36.1 Å². The summed E-state index contributed by atoms with van der Waals surface area (Å²) in [5, 5.41) is 13.0. The van der Waals surface area contributed by atoms with Crippen molar-refractivity contribution in [2.75, 3.05) is 13.1 Å². The number of aryl methyl sites for hydroxylation is 1. The minimum absolute atomic E-state index is 0.000116. The monoisotopic (exact) mass is 371 g/mol. The second kappa shape index (κ2) is 8.33. The highest BCUT2D eigenvalue weighted by molar-refractivity contribution is 5.77. The molecule has 7 heteroatoms. The van der Waals surface area contributed by atoms with Gasteiger partial charge >= 0.3 is 5.97 Å². The number of hydrogen-bond donors (Lipinski definition) is 1. The number of aliphatic carboxylic acids is 1. The van der Waals surface area contributed by atoms with E-state index in [1.165, 1.54) is 5.56 Å². The number of nitrogens with zero attached hydrogens (tertiary/aromatic N) is 3. The van der Waals surface area contributed by atoms with E-state index in [-0.39, 0.29) is 18.2 Å². The molecule has 1 aliphatic rings. The quantitative estimate of drug-likeness (QED) is 0.838. The molecular weight excluding hydrogens is 346 g/mol. The molecule has 2 heterocycles. The standard InChI is InChI=1S/C20H25N3O4/c1-13(2)14-3-5-15(6-4-14)19-21-17(27-22-19)7-8-18(24)23-11-9-16(10-12-23)20(25)26/h3-6,13,16H,7-12H2,1-2H3,(H,25,26). The van der Waals surface area contributed by atoms with Gasteiger partial charge < -0.3 is 14.5 Å². The highest BCUT2D eigenvalue weighted by atomic mass is 16.5. The molecule has 7 nitrogen and oxygen atoms in total. The van der Waals surface area contributed by atoms with Crippen LogP contribution < -0.4 is 0 Å². The van der Waals surface area contributed by atoms with Gasteiger partial charge in [0, 0.05) is 31.5 Å². The third kappa shape index (κ3) is 4.72. The van der Waals surface area contributed by atoms with Gasteiger partial charge in [0.15, 0.2) is 0 Å². The van der Waals surface area contributed by atoms with E-state index < -0.39 is 5.97 Å². The van der Waals surface area contributed by atoms with Gasteiger partial charge in [-0.3, -0.25) is 9.59 Å². The molecule has 27 heavy (non-hydrogen) atoms. The molecular formula is C20H25N3O4. The Labute approximate surface area is 158 Å². The first-order valence-corrected chi connectivity index (χ1v) is 9.37. The molecule has 0 radical (unpaired) electrons. The smallest absolute Gasteiger partial charge is 0.306 e. The lowest BCUT2D eigenvalue weighted by molar-refractivity contribution is -0.145. The van der Waals surface area contributed by atoms with Crippen molar-refractivity contribution < 1.29 is 19.2 Å². The Morgan fingerprint density at radius 2 is 1.89 bits per heavy atom. The topological polar surface area (TPSA) is 96.5 Å². The zero-order valence-corrected chi connectivity index (χ0v) is 15.7. The van der Waals surface area contributed by atoms with Crippen molar-refractivity contribution in [3.05, 3.63) is 35.7 Å². The molecule has 0 unspecified atom stereocenters. The van der Waals surface area contributed by atoms with Crippen LogP contribution in [0.2, 0.25) is 0 Å². The van der Waals surface area contributed by atoms with Gasteiger partial charge in [0.2, 0.25) is 17.6 Å². The van der Waals surface area contributed by atoms with Gasteiger partial charge in [0.25, 0.3) is 0 Å². The summed E-state index contributed by atoms with van der Waals surface area (Å²) in [5.74, 6) is 0.310. The number of rotatable bonds is 6. The lowest BCUT2D eigenvalue weighted by Gasteiger charge is -2.30. The normalized spacial score (nSPS) is 15.3.